The van der Waals surface area contributed by atoms with Gasteiger partial charge in [0.1, 0.15) is 4.34 Å². The number of fused-ring (bicyclic) bond motifs is 3. The molecule has 2 aliphatic heterocycles. The number of thiophene rings is 1. The molecule has 0 radical (unpaired) electrons. The van der Waals surface area contributed by atoms with Crippen molar-refractivity contribution in [2.45, 2.75) is 5.92 Å². The van der Waals surface area contributed by atoms with Gasteiger partial charge < -0.3 is 10.6 Å². The predicted octanol–water partition coefficient (Wildman–Crippen LogP) is 3.11. The first-order chi connectivity index (χ1) is 10.2. The fraction of sp³-hybridized carbons (Fsp3) is 0.312. The van der Waals surface area contributed by atoms with Gasteiger partial charge in [0.2, 0.25) is 0 Å². The van der Waals surface area contributed by atoms with Crippen molar-refractivity contribution >= 4 is 28.8 Å². The largest absolute Gasteiger partial charge is 0.352 e. The summed E-state index contributed by atoms with van der Waals surface area (Å²) in [6.07, 6.45) is 0. The van der Waals surface area contributed by atoms with Crippen LogP contribution in [0.15, 0.2) is 29.6 Å². The monoisotopic (exact) mass is 318 g/mol. The Hall–Kier alpha value is -1.36. The number of carbonyl (C=O) groups is 1. The Kier molecular flexibility index (Phi) is 3.25. The Balaban J connectivity index is 1.83. The molecule has 0 unspecified atom stereocenters. The third-order valence-electron chi connectivity index (χ3n) is 4.49. The van der Waals surface area contributed by atoms with Gasteiger partial charge in [-0.05, 0) is 34.6 Å². The van der Waals surface area contributed by atoms with Gasteiger partial charge in [0.25, 0.3) is 5.91 Å². The Morgan fingerprint density at radius 2 is 2.05 bits per heavy atom. The lowest BCUT2D eigenvalue weighted by atomic mass is 9.86. The van der Waals surface area contributed by atoms with E-state index in [4.69, 9.17) is 11.6 Å². The molecule has 2 N–H and O–H groups in total. The molecular formula is C16H15ClN2OS. The summed E-state index contributed by atoms with van der Waals surface area (Å²) in [5, 5.41) is 8.45. The molecule has 4 rings (SSSR count). The van der Waals surface area contributed by atoms with E-state index in [2.05, 4.69) is 22.8 Å². The summed E-state index contributed by atoms with van der Waals surface area (Å²) in [5.74, 6) is 0.948. The predicted molar refractivity (Wildman–Crippen MR) is 86.2 cm³/mol. The average Bonchev–Trinajstić information content (AvgIpc) is 3.10. The van der Waals surface area contributed by atoms with Crippen molar-refractivity contribution in [3.05, 3.63) is 45.1 Å². The van der Waals surface area contributed by atoms with Crippen LogP contribution in [0, 0.1) is 5.92 Å². The number of amides is 1. The second-order valence-electron chi connectivity index (χ2n) is 5.64. The molecule has 0 bridgehead atoms. The first-order valence-electron chi connectivity index (χ1n) is 7.10. The summed E-state index contributed by atoms with van der Waals surface area (Å²) in [5.41, 5.74) is 3.98. The second kappa shape index (κ2) is 5.13. The zero-order valence-electron chi connectivity index (χ0n) is 11.4. The van der Waals surface area contributed by atoms with E-state index in [0.29, 0.717) is 11.8 Å². The van der Waals surface area contributed by atoms with Gasteiger partial charge in [-0.1, -0.05) is 23.7 Å². The highest BCUT2D eigenvalue weighted by Crippen LogP contribution is 2.37. The molecule has 1 aromatic heterocycles. The topological polar surface area (TPSA) is 41.1 Å². The minimum atomic E-state index is 0.0348. The van der Waals surface area contributed by atoms with Crippen molar-refractivity contribution in [1.29, 1.82) is 0 Å². The molecule has 108 valence electrons. The minimum Gasteiger partial charge on any atom is -0.352 e. The van der Waals surface area contributed by atoms with Gasteiger partial charge >= 0.3 is 0 Å². The van der Waals surface area contributed by atoms with Crippen molar-refractivity contribution in [3.8, 4) is 11.1 Å². The summed E-state index contributed by atoms with van der Waals surface area (Å²) < 4.78 is 0.768. The molecule has 2 atom stereocenters. The number of rotatable bonds is 1. The highest BCUT2D eigenvalue weighted by molar-refractivity contribution is 7.15. The van der Waals surface area contributed by atoms with Crippen molar-refractivity contribution in [1.82, 2.24) is 10.6 Å². The second-order valence-corrected chi connectivity index (χ2v) is 7.16. The maximum Gasteiger partial charge on any atom is 0.251 e. The average molecular weight is 319 g/mol. The maximum absolute atomic E-state index is 12.4. The van der Waals surface area contributed by atoms with Crippen LogP contribution in [0.25, 0.3) is 11.1 Å². The normalized spacial score (nSPS) is 24.1. The van der Waals surface area contributed by atoms with Crippen LogP contribution in [0.3, 0.4) is 0 Å². The standard InChI is InChI=1S/C16H15ClN2OS/c17-15-11(3-4-21-15)9-1-2-12-13(5-9)16(20)19-7-10-6-18-8-14(10)12/h1-5,10,14,18H,6-8H2,(H,19,20)/t10-,14+/m1/s1. The lowest BCUT2D eigenvalue weighted by molar-refractivity contribution is 0.0952. The zero-order chi connectivity index (χ0) is 14.4. The van der Waals surface area contributed by atoms with E-state index in [0.717, 1.165) is 46.2 Å². The molecule has 5 heteroatoms. The number of halogens is 1. The summed E-state index contributed by atoms with van der Waals surface area (Å²) in [7, 11) is 0. The molecule has 0 aliphatic carbocycles. The molecule has 1 saturated heterocycles. The third-order valence-corrected chi connectivity index (χ3v) is 5.66. The smallest absolute Gasteiger partial charge is 0.251 e. The lowest BCUT2D eigenvalue weighted by Gasteiger charge is -2.16. The van der Waals surface area contributed by atoms with Crippen molar-refractivity contribution in [2.24, 2.45) is 5.92 Å². The molecule has 2 aliphatic rings. The first-order valence-corrected chi connectivity index (χ1v) is 8.36. The molecule has 1 aromatic carbocycles. The maximum atomic E-state index is 12.4. The summed E-state index contributed by atoms with van der Waals surface area (Å²) >= 11 is 7.74. The highest BCUT2D eigenvalue weighted by Gasteiger charge is 2.34. The van der Waals surface area contributed by atoms with Crippen LogP contribution in [0.5, 0.6) is 0 Å². The number of nitrogens with one attached hydrogen (secondary N) is 2. The van der Waals surface area contributed by atoms with Crippen LogP contribution in [-0.2, 0) is 0 Å². The van der Waals surface area contributed by atoms with Gasteiger partial charge in [0, 0.05) is 36.7 Å². The van der Waals surface area contributed by atoms with Gasteiger partial charge in [0.15, 0.2) is 0 Å². The van der Waals surface area contributed by atoms with Crippen LogP contribution in [0.2, 0.25) is 4.34 Å². The van der Waals surface area contributed by atoms with E-state index in [1.165, 1.54) is 11.3 Å². The van der Waals surface area contributed by atoms with E-state index in [1.807, 2.05) is 17.5 Å². The van der Waals surface area contributed by atoms with E-state index >= 15 is 0 Å². The molecule has 21 heavy (non-hydrogen) atoms. The molecule has 0 saturated carbocycles. The Morgan fingerprint density at radius 3 is 2.86 bits per heavy atom. The summed E-state index contributed by atoms with van der Waals surface area (Å²) in [6, 6.07) is 8.18. The molecule has 2 aromatic rings. The van der Waals surface area contributed by atoms with E-state index in [-0.39, 0.29) is 5.91 Å². The van der Waals surface area contributed by atoms with Gasteiger partial charge in [0.05, 0.1) is 0 Å². The van der Waals surface area contributed by atoms with E-state index in [9.17, 15) is 4.79 Å². The Bertz CT molecular complexity index is 712. The molecular weight excluding hydrogens is 304 g/mol. The van der Waals surface area contributed by atoms with Crippen LogP contribution in [0.4, 0.5) is 0 Å². The third kappa shape index (κ3) is 2.18. The van der Waals surface area contributed by atoms with E-state index in [1.54, 1.807) is 0 Å². The lowest BCUT2D eigenvalue weighted by Crippen LogP contribution is -2.28. The molecule has 3 heterocycles. The van der Waals surface area contributed by atoms with Crippen molar-refractivity contribution in [3.63, 3.8) is 0 Å². The molecule has 1 fully saturated rings. The van der Waals surface area contributed by atoms with E-state index < -0.39 is 0 Å². The van der Waals surface area contributed by atoms with Gasteiger partial charge in [-0.3, -0.25) is 4.79 Å². The van der Waals surface area contributed by atoms with Crippen molar-refractivity contribution in [2.75, 3.05) is 19.6 Å². The summed E-state index contributed by atoms with van der Waals surface area (Å²) in [4.78, 5) is 12.4. The molecule has 1 amide bonds. The quantitative estimate of drug-likeness (QED) is 0.848. The SMILES string of the molecule is O=C1NC[C@H]2CNC[C@@H]2c2ccc(-c3ccsc3Cl)cc21. The molecule has 3 nitrogen and oxygen atoms in total. The van der Waals surface area contributed by atoms with Crippen LogP contribution in [-0.4, -0.2) is 25.5 Å². The van der Waals surface area contributed by atoms with Gasteiger partial charge in [-0.2, -0.15) is 0 Å². The zero-order valence-corrected chi connectivity index (χ0v) is 12.9. The highest BCUT2D eigenvalue weighted by atomic mass is 35.5. The number of hydrogen-bond acceptors (Lipinski definition) is 3. The number of hydrogen-bond donors (Lipinski definition) is 2. The van der Waals surface area contributed by atoms with Crippen LogP contribution >= 0.6 is 22.9 Å². The van der Waals surface area contributed by atoms with Gasteiger partial charge in [-0.25, -0.2) is 0 Å². The van der Waals surface area contributed by atoms with Crippen molar-refractivity contribution < 1.29 is 4.79 Å². The van der Waals surface area contributed by atoms with Crippen LogP contribution in [0.1, 0.15) is 21.8 Å². The van der Waals surface area contributed by atoms with Crippen LogP contribution < -0.4 is 10.6 Å². The fourth-order valence-electron chi connectivity index (χ4n) is 3.37. The fourth-order valence-corrected chi connectivity index (χ4v) is 4.34. The number of carbonyl (C=O) groups excluding carboxylic acids is 1. The van der Waals surface area contributed by atoms with Gasteiger partial charge in [-0.15, -0.1) is 11.3 Å². The Labute approximate surface area is 132 Å². The number of benzene rings is 1. The summed E-state index contributed by atoms with van der Waals surface area (Å²) in [6.45, 7) is 2.67. The Morgan fingerprint density at radius 1 is 1.14 bits per heavy atom. The minimum absolute atomic E-state index is 0.0348. The molecule has 0 spiro atoms. The first kappa shape index (κ1) is 13.3.